The summed E-state index contributed by atoms with van der Waals surface area (Å²) < 4.78 is 16.8. The number of hydrogen-bond acceptors (Lipinski definition) is 4. The molecule has 2 aliphatic rings. The highest BCUT2D eigenvalue weighted by molar-refractivity contribution is 4.87. The van der Waals surface area contributed by atoms with Crippen LogP contribution in [0.25, 0.3) is 0 Å². The molecule has 2 fully saturated rings. The molecule has 1 saturated heterocycles. The molecule has 1 aliphatic heterocycles. The van der Waals surface area contributed by atoms with Crippen molar-refractivity contribution in [1.82, 2.24) is 5.32 Å². The minimum Gasteiger partial charge on any atom is -0.378 e. The molecule has 0 spiro atoms. The van der Waals surface area contributed by atoms with E-state index in [0.29, 0.717) is 18.8 Å². The fraction of sp³-hybridized carbons (Fsp3) is 1.00. The normalized spacial score (nSPS) is 37.3. The van der Waals surface area contributed by atoms with Crippen molar-refractivity contribution in [1.29, 1.82) is 0 Å². The molecule has 1 atom stereocenters. The van der Waals surface area contributed by atoms with E-state index < -0.39 is 5.79 Å². The summed E-state index contributed by atoms with van der Waals surface area (Å²) in [6, 6.07) is 0.601. The summed E-state index contributed by atoms with van der Waals surface area (Å²) in [6.45, 7) is 8.37. The molecular weight excluding hydrogens is 206 g/mol. The molecule has 16 heavy (non-hydrogen) atoms. The van der Waals surface area contributed by atoms with Gasteiger partial charge in [-0.1, -0.05) is 0 Å². The van der Waals surface area contributed by atoms with Crippen LogP contribution in [0.15, 0.2) is 0 Å². The summed E-state index contributed by atoms with van der Waals surface area (Å²) in [5.74, 6) is -0.403. The lowest BCUT2D eigenvalue weighted by Crippen LogP contribution is -2.48. The van der Waals surface area contributed by atoms with Gasteiger partial charge in [-0.05, 0) is 33.6 Å². The van der Waals surface area contributed by atoms with Crippen LogP contribution in [0.3, 0.4) is 0 Å². The summed E-state index contributed by atoms with van der Waals surface area (Å²) >= 11 is 0. The van der Waals surface area contributed by atoms with Crippen molar-refractivity contribution in [3.05, 3.63) is 0 Å². The predicted molar refractivity (Wildman–Crippen MR) is 61.3 cm³/mol. The van der Waals surface area contributed by atoms with Crippen molar-refractivity contribution >= 4 is 0 Å². The topological polar surface area (TPSA) is 39.7 Å². The van der Waals surface area contributed by atoms with Crippen LogP contribution < -0.4 is 5.32 Å². The fourth-order valence-corrected chi connectivity index (χ4v) is 2.27. The zero-order valence-corrected chi connectivity index (χ0v) is 10.5. The van der Waals surface area contributed by atoms with Gasteiger partial charge in [0.2, 0.25) is 0 Å². The maximum absolute atomic E-state index is 5.73. The molecular formula is C12H23NO3. The van der Waals surface area contributed by atoms with E-state index in [2.05, 4.69) is 5.32 Å². The van der Waals surface area contributed by atoms with Crippen molar-refractivity contribution in [3.8, 4) is 0 Å². The van der Waals surface area contributed by atoms with Gasteiger partial charge < -0.3 is 19.5 Å². The van der Waals surface area contributed by atoms with Crippen molar-refractivity contribution in [2.75, 3.05) is 19.8 Å². The zero-order valence-electron chi connectivity index (χ0n) is 10.5. The molecule has 1 saturated carbocycles. The highest BCUT2D eigenvalue weighted by atomic mass is 16.7. The van der Waals surface area contributed by atoms with Gasteiger partial charge in [0, 0.05) is 19.2 Å². The Bertz CT molecular complexity index is 226. The summed E-state index contributed by atoms with van der Waals surface area (Å²) in [4.78, 5) is 0. The lowest BCUT2D eigenvalue weighted by molar-refractivity contribution is -0.138. The molecule has 1 unspecified atom stereocenters. The van der Waals surface area contributed by atoms with E-state index in [1.54, 1.807) is 0 Å². The average Bonchev–Trinajstić information content (AvgIpc) is 2.49. The van der Waals surface area contributed by atoms with Crippen LogP contribution in [0.1, 0.15) is 33.6 Å². The van der Waals surface area contributed by atoms with Gasteiger partial charge in [0.05, 0.1) is 18.8 Å². The third-order valence-corrected chi connectivity index (χ3v) is 3.20. The lowest BCUT2D eigenvalue weighted by Gasteiger charge is -2.36. The van der Waals surface area contributed by atoms with E-state index in [-0.39, 0.29) is 6.10 Å². The Labute approximate surface area is 97.6 Å². The molecule has 0 amide bonds. The fourth-order valence-electron chi connectivity index (χ4n) is 2.27. The Balaban J connectivity index is 1.56. The second-order valence-corrected chi connectivity index (χ2v) is 5.10. The Morgan fingerprint density at radius 1 is 1.38 bits per heavy atom. The van der Waals surface area contributed by atoms with Crippen LogP contribution in [-0.4, -0.2) is 43.8 Å². The predicted octanol–water partition coefficient (Wildman–Crippen LogP) is 1.29. The SMILES string of the molecule is CCOC1CC(NCC2COC(C)(C)O2)C1. The van der Waals surface area contributed by atoms with E-state index in [4.69, 9.17) is 14.2 Å². The monoisotopic (exact) mass is 229 g/mol. The van der Waals surface area contributed by atoms with Crippen molar-refractivity contribution in [2.24, 2.45) is 0 Å². The first kappa shape index (κ1) is 12.3. The highest BCUT2D eigenvalue weighted by Crippen LogP contribution is 2.25. The molecule has 1 aliphatic carbocycles. The van der Waals surface area contributed by atoms with E-state index in [9.17, 15) is 0 Å². The molecule has 0 aromatic rings. The van der Waals surface area contributed by atoms with E-state index in [1.165, 1.54) is 0 Å². The third-order valence-electron chi connectivity index (χ3n) is 3.20. The van der Waals surface area contributed by atoms with Crippen LogP contribution >= 0.6 is 0 Å². The van der Waals surface area contributed by atoms with Crippen molar-refractivity contribution in [2.45, 2.75) is 57.6 Å². The molecule has 1 heterocycles. The van der Waals surface area contributed by atoms with E-state index >= 15 is 0 Å². The van der Waals surface area contributed by atoms with Gasteiger partial charge in [-0.25, -0.2) is 0 Å². The number of ether oxygens (including phenoxy) is 3. The summed E-state index contributed by atoms with van der Waals surface area (Å²) in [6.07, 6.45) is 2.93. The molecule has 2 rings (SSSR count). The van der Waals surface area contributed by atoms with Crippen LogP contribution in [0, 0.1) is 0 Å². The molecule has 0 aromatic carbocycles. The van der Waals surface area contributed by atoms with Crippen molar-refractivity contribution < 1.29 is 14.2 Å². The van der Waals surface area contributed by atoms with Crippen LogP contribution in [0.2, 0.25) is 0 Å². The van der Waals surface area contributed by atoms with Crippen LogP contribution in [0.4, 0.5) is 0 Å². The van der Waals surface area contributed by atoms with E-state index in [0.717, 1.165) is 26.0 Å². The standard InChI is InChI=1S/C12H23NO3/c1-4-14-10-5-9(6-10)13-7-11-8-15-12(2,3)16-11/h9-11,13H,4-8H2,1-3H3. The first-order valence-electron chi connectivity index (χ1n) is 6.26. The third kappa shape index (κ3) is 3.17. The second-order valence-electron chi connectivity index (χ2n) is 5.10. The second kappa shape index (κ2) is 5.00. The molecule has 0 bridgehead atoms. The molecule has 0 radical (unpaired) electrons. The largest absolute Gasteiger partial charge is 0.378 e. The first-order chi connectivity index (χ1) is 7.59. The summed E-state index contributed by atoms with van der Waals surface area (Å²) in [5, 5.41) is 3.50. The lowest BCUT2D eigenvalue weighted by atomic mass is 9.89. The van der Waals surface area contributed by atoms with Gasteiger partial charge in [0.1, 0.15) is 0 Å². The number of rotatable bonds is 5. The molecule has 1 N–H and O–H groups in total. The number of nitrogens with one attached hydrogen (secondary N) is 1. The van der Waals surface area contributed by atoms with Gasteiger partial charge in [0.25, 0.3) is 0 Å². The van der Waals surface area contributed by atoms with Crippen molar-refractivity contribution in [3.63, 3.8) is 0 Å². The highest BCUT2D eigenvalue weighted by Gasteiger charge is 2.34. The quantitative estimate of drug-likeness (QED) is 0.771. The zero-order chi connectivity index (χ0) is 11.6. The Kier molecular flexibility index (Phi) is 3.85. The summed E-state index contributed by atoms with van der Waals surface area (Å²) in [5.41, 5.74) is 0. The van der Waals surface area contributed by atoms with Gasteiger partial charge in [0.15, 0.2) is 5.79 Å². The van der Waals surface area contributed by atoms with Gasteiger partial charge in [-0.3, -0.25) is 0 Å². The Morgan fingerprint density at radius 3 is 2.69 bits per heavy atom. The van der Waals surface area contributed by atoms with Crippen LogP contribution in [-0.2, 0) is 14.2 Å². The Hall–Kier alpha value is -0.160. The minimum absolute atomic E-state index is 0.196. The molecule has 4 nitrogen and oxygen atoms in total. The molecule has 0 aromatic heterocycles. The first-order valence-corrected chi connectivity index (χ1v) is 6.26. The molecule has 94 valence electrons. The molecule has 4 heteroatoms. The van der Waals surface area contributed by atoms with Crippen LogP contribution in [0.5, 0.6) is 0 Å². The Morgan fingerprint density at radius 2 is 2.12 bits per heavy atom. The smallest absolute Gasteiger partial charge is 0.163 e. The van der Waals surface area contributed by atoms with Gasteiger partial charge in [-0.2, -0.15) is 0 Å². The van der Waals surface area contributed by atoms with Gasteiger partial charge >= 0.3 is 0 Å². The maximum Gasteiger partial charge on any atom is 0.163 e. The van der Waals surface area contributed by atoms with Gasteiger partial charge in [-0.15, -0.1) is 0 Å². The minimum atomic E-state index is -0.403. The maximum atomic E-state index is 5.73. The number of hydrogen-bond donors (Lipinski definition) is 1. The summed E-state index contributed by atoms with van der Waals surface area (Å²) in [7, 11) is 0. The average molecular weight is 229 g/mol. The van der Waals surface area contributed by atoms with E-state index in [1.807, 2.05) is 20.8 Å².